The maximum absolute atomic E-state index is 6.47. The van der Waals surface area contributed by atoms with Crippen LogP contribution in [0.15, 0.2) is 59.3 Å². The summed E-state index contributed by atoms with van der Waals surface area (Å²) in [4.78, 5) is 17.8. The standard InChI is InChI=1S/C24H21ClN6O2S/c25-17-9-15(2-4-20(17)32-12-23-27-5-6-34-23)30-24-16-7-14(1-3-18(16)28-13-29-24)8-22-31-19-10-26-11-21(19)33-22/h1-7,9,13,19,21,26H,8,10-12H2,(H,28,29,30). The van der Waals surface area contributed by atoms with E-state index in [2.05, 4.69) is 37.7 Å². The highest BCUT2D eigenvalue weighted by atomic mass is 35.5. The molecule has 172 valence electrons. The van der Waals surface area contributed by atoms with Crippen LogP contribution in [0.2, 0.25) is 5.02 Å². The molecule has 2 unspecified atom stereocenters. The topological polar surface area (TPSA) is 93.6 Å². The normalized spacial score (nSPS) is 19.0. The number of aromatic nitrogens is 3. The van der Waals surface area contributed by atoms with E-state index in [1.165, 1.54) is 0 Å². The molecule has 2 aromatic carbocycles. The molecule has 0 bridgehead atoms. The molecular formula is C24H21ClN6O2S. The number of rotatable bonds is 7. The molecule has 34 heavy (non-hydrogen) atoms. The molecule has 2 aliphatic rings. The second kappa shape index (κ2) is 9.17. The average molecular weight is 493 g/mol. The fourth-order valence-electron chi connectivity index (χ4n) is 4.15. The second-order valence-corrected chi connectivity index (χ2v) is 9.53. The summed E-state index contributed by atoms with van der Waals surface area (Å²) in [5.74, 6) is 2.10. The number of benzene rings is 2. The van der Waals surface area contributed by atoms with Crippen molar-refractivity contribution in [3.05, 3.63) is 69.9 Å². The molecule has 4 heterocycles. The predicted molar refractivity (Wildman–Crippen MR) is 133 cm³/mol. The third-order valence-electron chi connectivity index (χ3n) is 5.81. The van der Waals surface area contributed by atoms with Crippen LogP contribution in [0.3, 0.4) is 0 Å². The van der Waals surface area contributed by atoms with Gasteiger partial charge in [0, 0.05) is 42.2 Å². The second-order valence-electron chi connectivity index (χ2n) is 8.14. The van der Waals surface area contributed by atoms with Crippen molar-refractivity contribution in [3.8, 4) is 5.75 Å². The highest BCUT2D eigenvalue weighted by Crippen LogP contribution is 2.31. The minimum absolute atomic E-state index is 0.161. The van der Waals surface area contributed by atoms with Gasteiger partial charge in [-0.25, -0.2) is 19.9 Å². The largest absolute Gasteiger partial charge is 0.485 e. The minimum Gasteiger partial charge on any atom is -0.485 e. The molecule has 0 aliphatic carbocycles. The predicted octanol–water partition coefficient (Wildman–Crippen LogP) is 4.37. The zero-order valence-electron chi connectivity index (χ0n) is 18.1. The van der Waals surface area contributed by atoms with Gasteiger partial charge in [0.2, 0.25) is 0 Å². The van der Waals surface area contributed by atoms with Gasteiger partial charge in [-0.3, -0.25) is 0 Å². The van der Waals surface area contributed by atoms with Crippen LogP contribution < -0.4 is 15.4 Å². The summed E-state index contributed by atoms with van der Waals surface area (Å²) in [5.41, 5.74) is 2.76. The van der Waals surface area contributed by atoms with Crippen molar-refractivity contribution in [3.63, 3.8) is 0 Å². The van der Waals surface area contributed by atoms with Gasteiger partial charge >= 0.3 is 0 Å². The highest BCUT2D eigenvalue weighted by molar-refractivity contribution is 7.09. The molecule has 2 aromatic heterocycles. The van der Waals surface area contributed by atoms with E-state index in [4.69, 9.17) is 26.1 Å². The lowest BCUT2D eigenvalue weighted by Gasteiger charge is -2.12. The number of hydrogen-bond donors (Lipinski definition) is 2. The summed E-state index contributed by atoms with van der Waals surface area (Å²) < 4.78 is 11.8. The Bertz CT molecular complexity index is 1360. The quantitative estimate of drug-likeness (QED) is 0.395. The van der Waals surface area contributed by atoms with Crippen LogP contribution in [-0.4, -0.2) is 46.1 Å². The van der Waals surface area contributed by atoms with Crippen molar-refractivity contribution in [2.45, 2.75) is 25.2 Å². The molecule has 0 radical (unpaired) electrons. The Kier molecular flexibility index (Phi) is 5.74. The van der Waals surface area contributed by atoms with E-state index in [0.717, 1.165) is 46.1 Å². The molecule has 2 N–H and O–H groups in total. The van der Waals surface area contributed by atoms with Gasteiger partial charge in [-0.15, -0.1) is 11.3 Å². The molecule has 4 aromatic rings. The van der Waals surface area contributed by atoms with Gasteiger partial charge in [-0.05, 0) is 35.9 Å². The van der Waals surface area contributed by atoms with Gasteiger partial charge in [-0.2, -0.15) is 0 Å². The Hall–Kier alpha value is -3.27. The summed E-state index contributed by atoms with van der Waals surface area (Å²) in [6, 6.07) is 12.0. The number of ether oxygens (including phenoxy) is 2. The van der Waals surface area contributed by atoms with Crippen molar-refractivity contribution < 1.29 is 9.47 Å². The summed E-state index contributed by atoms with van der Waals surface area (Å²) in [6.45, 7) is 2.12. The molecule has 1 fully saturated rings. The Balaban J connectivity index is 1.20. The molecule has 2 aliphatic heterocycles. The number of aliphatic imine (C=N–C) groups is 1. The molecule has 6 rings (SSSR count). The van der Waals surface area contributed by atoms with Crippen LogP contribution in [0.5, 0.6) is 5.75 Å². The lowest BCUT2D eigenvalue weighted by Crippen LogP contribution is -2.20. The number of nitrogens with one attached hydrogen (secondary N) is 2. The van der Waals surface area contributed by atoms with E-state index in [1.807, 2.05) is 29.6 Å². The molecular weight excluding hydrogens is 472 g/mol. The number of hydrogen-bond acceptors (Lipinski definition) is 9. The van der Waals surface area contributed by atoms with E-state index in [-0.39, 0.29) is 12.1 Å². The molecule has 10 heteroatoms. The summed E-state index contributed by atoms with van der Waals surface area (Å²) in [5, 5.41) is 10.9. The Morgan fingerprint density at radius 1 is 1.15 bits per heavy atom. The van der Waals surface area contributed by atoms with Crippen LogP contribution >= 0.6 is 22.9 Å². The van der Waals surface area contributed by atoms with Crippen LogP contribution in [0, 0.1) is 0 Å². The summed E-state index contributed by atoms with van der Waals surface area (Å²) >= 11 is 8.01. The van der Waals surface area contributed by atoms with Gasteiger partial charge in [0.05, 0.1) is 10.5 Å². The zero-order valence-corrected chi connectivity index (χ0v) is 19.6. The fraction of sp³-hybridized carbons (Fsp3) is 0.250. The van der Waals surface area contributed by atoms with Crippen molar-refractivity contribution in [1.29, 1.82) is 0 Å². The van der Waals surface area contributed by atoms with Gasteiger partial charge in [0.1, 0.15) is 41.7 Å². The van der Waals surface area contributed by atoms with Crippen molar-refractivity contribution in [2.24, 2.45) is 4.99 Å². The molecule has 0 saturated carbocycles. The van der Waals surface area contributed by atoms with Gasteiger partial charge in [0.25, 0.3) is 0 Å². The monoisotopic (exact) mass is 492 g/mol. The smallest absolute Gasteiger partial charge is 0.188 e. The number of thiazole rings is 1. The van der Waals surface area contributed by atoms with Crippen molar-refractivity contribution >= 4 is 51.2 Å². The fourth-order valence-corrected chi connectivity index (χ4v) is 4.91. The minimum atomic E-state index is 0.161. The van der Waals surface area contributed by atoms with Crippen molar-refractivity contribution in [2.75, 3.05) is 18.4 Å². The molecule has 1 saturated heterocycles. The maximum Gasteiger partial charge on any atom is 0.188 e. The molecule has 0 spiro atoms. The van der Waals surface area contributed by atoms with E-state index >= 15 is 0 Å². The number of anilines is 2. The number of halogens is 1. The van der Waals surface area contributed by atoms with E-state index in [9.17, 15) is 0 Å². The summed E-state index contributed by atoms with van der Waals surface area (Å²) in [6.07, 6.45) is 4.12. The lowest BCUT2D eigenvalue weighted by atomic mass is 10.1. The summed E-state index contributed by atoms with van der Waals surface area (Å²) in [7, 11) is 0. The van der Waals surface area contributed by atoms with Gasteiger partial charge < -0.3 is 20.1 Å². The van der Waals surface area contributed by atoms with Gasteiger partial charge in [0.15, 0.2) is 5.90 Å². The third-order valence-corrected chi connectivity index (χ3v) is 6.86. The Morgan fingerprint density at radius 3 is 2.97 bits per heavy atom. The first-order chi connectivity index (χ1) is 16.7. The maximum atomic E-state index is 6.47. The number of fused-ring (bicyclic) bond motifs is 2. The van der Waals surface area contributed by atoms with E-state index in [0.29, 0.717) is 29.6 Å². The number of nitrogens with zero attached hydrogens (tertiary/aromatic N) is 4. The molecule has 2 atom stereocenters. The van der Waals surface area contributed by atoms with Crippen LogP contribution in [0.4, 0.5) is 11.5 Å². The zero-order chi connectivity index (χ0) is 22.9. The lowest BCUT2D eigenvalue weighted by molar-refractivity contribution is 0.220. The van der Waals surface area contributed by atoms with Crippen LogP contribution in [-0.2, 0) is 17.8 Å². The van der Waals surface area contributed by atoms with Crippen LogP contribution in [0.25, 0.3) is 10.9 Å². The first kappa shape index (κ1) is 21.3. The van der Waals surface area contributed by atoms with Crippen molar-refractivity contribution in [1.82, 2.24) is 20.3 Å². The molecule has 0 amide bonds. The average Bonchev–Trinajstić information content (AvgIpc) is 3.57. The first-order valence-electron chi connectivity index (χ1n) is 11.0. The SMILES string of the molecule is Clc1cc(Nc2ncnc3ccc(CC4=NC5CNCC5O4)cc23)ccc1OCc1nccs1. The first-order valence-corrected chi connectivity index (χ1v) is 12.2. The Morgan fingerprint density at radius 2 is 2.12 bits per heavy atom. The third kappa shape index (κ3) is 4.42. The molecule has 8 nitrogen and oxygen atoms in total. The highest BCUT2D eigenvalue weighted by Gasteiger charge is 2.34. The van der Waals surface area contributed by atoms with Gasteiger partial charge in [-0.1, -0.05) is 17.7 Å². The van der Waals surface area contributed by atoms with E-state index < -0.39 is 0 Å². The van der Waals surface area contributed by atoms with E-state index in [1.54, 1.807) is 23.9 Å². The van der Waals surface area contributed by atoms with Crippen LogP contribution in [0.1, 0.15) is 10.6 Å². The Labute approximate surface area is 205 Å².